The quantitative estimate of drug-likeness (QED) is 0.671. The molecular formula is C11H10N6. The monoisotopic (exact) mass is 226 g/mol. The molecule has 0 saturated carbocycles. The number of fused-ring (bicyclic) bond motifs is 1. The van der Waals surface area contributed by atoms with Gasteiger partial charge in [0.05, 0.1) is 0 Å². The zero-order chi connectivity index (χ0) is 11.8. The number of rotatable bonds is 1. The summed E-state index contributed by atoms with van der Waals surface area (Å²) in [5.74, 6) is 1.01. The summed E-state index contributed by atoms with van der Waals surface area (Å²) in [4.78, 5) is 8.25. The number of aromatic nitrogens is 5. The first-order valence-corrected chi connectivity index (χ1v) is 5.14. The predicted octanol–water partition coefficient (Wildman–Crippen LogP) is 1.08. The lowest BCUT2D eigenvalue weighted by Gasteiger charge is -2.02. The Kier molecular flexibility index (Phi) is 2.01. The van der Waals surface area contributed by atoms with Gasteiger partial charge in [-0.2, -0.15) is 0 Å². The van der Waals surface area contributed by atoms with Gasteiger partial charge in [0.15, 0.2) is 11.5 Å². The molecule has 0 atom stereocenters. The average molecular weight is 226 g/mol. The molecule has 0 bridgehead atoms. The van der Waals surface area contributed by atoms with Gasteiger partial charge in [0.25, 0.3) is 0 Å². The molecule has 17 heavy (non-hydrogen) atoms. The summed E-state index contributed by atoms with van der Waals surface area (Å²) in [5.41, 5.74) is 8.31. The molecule has 0 aliphatic rings. The van der Waals surface area contributed by atoms with Crippen LogP contribution in [0.25, 0.3) is 17.0 Å². The van der Waals surface area contributed by atoms with E-state index in [2.05, 4.69) is 20.2 Å². The summed E-state index contributed by atoms with van der Waals surface area (Å²) in [6.45, 7) is 1.93. The lowest BCUT2D eigenvalue weighted by atomic mass is 10.2. The lowest BCUT2D eigenvalue weighted by molar-refractivity contribution is 1.08. The van der Waals surface area contributed by atoms with Crippen molar-refractivity contribution in [3.63, 3.8) is 0 Å². The molecule has 3 heterocycles. The van der Waals surface area contributed by atoms with Crippen molar-refractivity contribution in [2.24, 2.45) is 0 Å². The van der Waals surface area contributed by atoms with Crippen LogP contribution in [0.4, 0.5) is 5.95 Å². The molecular weight excluding hydrogens is 216 g/mol. The zero-order valence-electron chi connectivity index (χ0n) is 9.20. The average Bonchev–Trinajstić information content (AvgIpc) is 2.75. The van der Waals surface area contributed by atoms with Crippen molar-refractivity contribution in [2.75, 3.05) is 5.73 Å². The van der Waals surface area contributed by atoms with Gasteiger partial charge in [0, 0.05) is 29.7 Å². The first-order valence-electron chi connectivity index (χ1n) is 5.14. The minimum absolute atomic E-state index is 0.364. The molecule has 0 aliphatic heterocycles. The van der Waals surface area contributed by atoms with Crippen LogP contribution in [0.2, 0.25) is 0 Å². The summed E-state index contributed by atoms with van der Waals surface area (Å²) in [5, 5.41) is 8.15. The number of aryl methyl sites for hydroxylation is 1. The molecule has 0 radical (unpaired) electrons. The first kappa shape index (κ1) is 9.71. The van der Waals surface area contributed by atoms with E-state index >= 15 is 0 Å². The lowest BCUT2D eigenvalue weighted by Crippen LogP contribution is -2.01. The van der Waals surface area contributed by atoms with Crippen LogP contribution in [0.15, 0.2) is 30.6 Å². The van der Waals surface area contributed by atoms with Crippen LogP contribution < -0.4 is 5.73 Å². The van der Waals surface area contributed by atoms with Gasteiger partial charge in [-0.15, -0.1) is 10.2 Å². The van der Waals surface area contributed by atoms with Gasteiger partial charge >= 0.3 is 0 Å². The van der Waals surface area contributed by atoms with E-state index in [0.29, 0.717) is 17.4 Å². The maximum atomic E-state index is 5.82. The largest absolute Gasteiger partial charge is 0.369 e. The second-order valence-corrected chi connectivity index (χ2v) is 3.71. The van der Waals surface area contributed by atoms with E-state index in [1.54, 1.807) is 22.9 Å². The van der Waals surface area contributed by atoms with E-state index in [0.717, 1.165) is 11.3 Å². The summed E-state index contributed by atoms with van der Waals surface area (Å²) in [6.07, 6.45) is 3.36. The van der Waals surface area contributed by atoms with Crippen molar-refractivity contribution in [3.05, 3.63) is 36.3 Å². The van der Waals surface area contributed by atoms with Crippen LogP contribution in [0.1, 0.15) is 5.69 Å². The van der Waals surface area contributed by atoms with Gasteiger partial charge in [-0.05, 0) is 19.1 Å². The Morgan fingerprint density at radius 1 is 1.12 bits per heavy atom. The molecule has 6 heteroatoms. The SMILES string of the molecule is Cc1ccc(-c2nnc3ccnc(N)n23)cn1. The minimum Gasteiger partial charge on any atom is -0.369 e. The van der Waals surface area contributed by atoms with Gasteiger partial charge < -0.3 is 5.73 Å². The third kappa shape index (κ3) is 1.50. The maximum absolute atomic E-state index is 5.82. The highest BCUT2D eigenvalue weighted by Gasteiger charge is 2.10. The number of nitrogen functional groups attached to an aromatic ring is 1. The first-order chi connectivity index (χ1) is 8.25. The van der Waals surface area contributed by atoms with Crippen LogP contribution in [-0.4, -0.2) is 24.6 Å². The number of hydrogen-bond acceptors (Lipinski definition) is 5. The fraction of sp³-hybridized carbons (Fsp3) is 0.0909. The molecule has 0 aromatic carbocycles. The van der Waals surface area contributed by atoms with Gasteiger partial charge in [0.1, 0.15) is 0 Å². The smallest absolute Gasteiger partial charge is 0.207 e. The maximum Gasteiger partial charge on any atom is 0.207 e. The number of nitrogens with two attached hydrogens (primary N) is 1. The Morgan fingerprint density at radius 3 is 2.76 bits per heavy atom. The van der Waals surface area contributed by atoms with Gasteiger partial charge in [0.2, 0.25) is 5.95 Å². The molecule has 3 rings (SSSR count). The number of nitrogens with zero attached hydrogens (tertiary/aromatic N) is 5. The van der Waals surface area contributed by atoms with E-state index in [9.17, 15) is 0 Å². The number of anilines is 1. The second kappa shape index (κ2) is 3.51. The molecule has 0 spiro atoms. The highest BCUT2D eigenvalue weighted by atomic mass is 15.3. The fourth-order valence-corrected chi connectivity index (χ4v) is 1.66. The Bertz CT molecular complexity index is 670. The molecule has 0 fully saturated rings. The van der Waals surface area contributed by atoms with E-state index in [4.69, 9.17) is 5.73 Å². The summed E-state index contributed by atoms with van der Waals surface area (Å²) in [7, 11) is 0. The topological polar surface area (TPSA) is 82.0 Å². The molecule has 0 unspecified atom stereocenters. The van der Waals surface area contributed by atoms with Crippen molar-refractivity contribution in [1.29, 1.82) is 0 Å². The van der Waals surface area contributed by atoms with Crippen LogP contribution in [0, 0.1) is 6.92 Å². The molecule has 0 saturated heterocycles. The van der Waals surface area contributed by atoms with Gasteiger partial charge in [-0.3, -0.25) is 4.98 Å². The van der Waals surface area contributed by atoms with Crippen molar-refractivity contribution < 1.29 is 0 Å². The Hall–Kier alpha value is -2.50. The summed E-state index contributed by atoms with van der Waals surface area (Å²) < 4.78 is 1.70. The van der Waals surface area contributed by atoms with E-state index in [1.165, 1.54) is 0 Å². The van der Waals surface area contributed by atoms with Gasteiger partial charge in [-0.25, -0.2) is 9.38 Å². The van der Waals surface area contributed by atoms with Crippen molar-refractivity contribution in [2.45, 2.75) is 6.92 Å². The van der Waals surface area contributed by atoms with Crippen molar-refractivity contribution >= 4 is 11.6 Å². The molecule has 6 nitrogen and oxygen atoms in total. The molecule has 84 valence electrons. The molecule has 3 aromatic heterocycles. The highest BCUT2D eigenvalue weighted by molar-refractivity contribution is 5.60. The second-order valence-electron chi connectivity index (χ2n) is 3.71. The van der Waals surface area contributed by atoms with Crippen LogP contribution >= 0.6 is 0 Å². The van der Waals surface area contributed by atoms with Crippen LogP contribution in [0.5, 0.6) is 0 Å². The summed E-state index contributed by atoms with van der Waals surface area (Å²) >= 11 is 0. The Morgan fingerprint density at radius 2 is 2.00 bits per heavy atom. The molecule has 3 aromatic rings. The Balaban J connectivity index is 2.27. The predicted molar refractivity (Wildman–Crippen MR) is 63.2 cm³/mol. The number of hydrogen-bond donors (Lipinski definition) is 1. The highest BCUT2D eigenvalue weighted by Crippen LogP contribution is 2.19. The Labute approximate surface area is 97.2 Å². The third-order valence-electron chi connectivity index (χ3n) is 2.52. The molecule has 2 N–H and O–H groups in total. The van der Waals surface area contributed by atoms with Gasteiger partial charge in [-0.1, -0.05) is 0 Å². The normalized spacial score (nSPS) is 10.9. The van der Waals surface area contributed by atoms with Crippen LogP contribution in [0.3, 0.4) is 0 Å². The molecule has 0 aliphatic carbocycles. The summed E-state index contributed by atoms with van der Waals surface area (Å²) in [6, 6.07) is 5.61. The standard InChI is InChI=1S/C11H10N6/c1-7-2-3-8(6-14-7)10-16-15-9-4-5-13-11(12)17(9)10/h2-6H,1H3,(H2,12,13). The molecule has 0 amide bonds. The number of pyridine rings is 1. The third-order valence-corrected chi connectivity index (χ3v) is 2.52. The van der Waals surface area contributed by atoms with E-state index < -0.39 is 0 Å². The van der Waals surface area contributed by atoms with E-state index in [1.807, 2.05) is 19.1 Å². The minimum atomic E-state index is 0.364. The van der Waals surface area contributed by atoms with Crippen molar-refractivity contribution in [3.8, 4) is 11.4 Å². The fourth-order valence-electron chi connectivity index (χ4n) is 1.66. The van der Waals surface area contributed by atoms with Crippen molar-refractivity contribution in [1.82, 2.24) is 24.6 Å². The van der Waals surface area contributed by atoms with E-state index in [-0.39, 0.29) is 0 Å². The van der Waals surface area contributed by atoms with Crippen LogP contribution in [-0.2, 0) is 0 Å². The zero-order valence-corrected chi connectivity index (χ0v) is 9.20.